The summed E-state index contributed by atoms with van der Waals surface area (Å²) in [5, 5.41) is 11.2. The van der Waals surface area contributed by atoms with Crippen LogP contribution in [0.15, 0.2) is 48.6 Å². The SMILES string of the molecule is CCCCCCOc1ccccc1C1(CCCC)C=CC(C(=O)[O-])C=C1. The van der Waals surface area contributed by atoms with Crippen molar-refractivity contribution in [1.29, 1.82) is 0 Å². The van der Waals surface area contributed by atoms with Gasteiger partial charge in [-0.2, -0.15) is 0 Å². The van der Waals surface area contributed by atoms with Crippen molar-refractivity contribution in [2.45, 2.75) is 64.2 Å². The molecule has 1 aromatic rings. The highest BCUT2D eigenvalue weighted by molar-refractivity contribution is 5.73. The van der Waals surface area contributed by atoms with Crippen LogP contribution >= 0.6 is 0 Å². The Morgan fingerprint density at radius 3 is 2.38 bits per heavy atom. The van der Waals surface area contributed by atoms with Crippen molar-refractivity contribution >= 4 is 5.97 Å². The molecule has 0 atom stereocenters. The molecule has 0 saturated heterocycles. The number of ether oxygens (including phenoxy) is 1. The maximum absolute atomic E-state index is 11.2. The molecule has 0 aliphatic heterocycles. The zero-order valence-electron chi connectivity index (χ0n) is 16.1. The van der Waals surface area contributed by atoms with E-state index in [-0.39, 0.29) is 5.41 Å². The fraction of sp³-hybridized carbons (Fsp3) is 0.522. The number of allylic oxidation sites excluding steroid dienone is 2. The summed E-state index contributed by atoms with van der Waals surface area (Å²) in [5.74, 6) is -0.796. The van der Waals surface area contributed by atoms with Crippen molar-refractivity contribution in [2.75, 3.05) is 6.61 Å². The Hall–Kier alpha value is -2.03. The molecule has 2 rings (SSSR count). The first-order valence-electron chi connectivity index (χ1n) is 9.95. The van der Waals surface area contributed by atoms with Crippen LogP contribution in [0.2, 0.25) is 0 Å². The first-order chi connectivity index (χ1) is 12.6. The third-order valence-corrected chi connectivity index (χ3v) is 5.06. The molecule has 3 nitrogen and oxygen atoms in total. The molecule has 0 heterocycles. The van der Waals surface area contributed by atoms with Gasteiger partial charge in [0.1, 0.15) is 5.75 Å². The van der Waals surface area contributed by atoms with Crippen LogP contribution in [0.4, 0.5) is 0 Å². The number of benzene rings is 1. The fourth-order valence-corrected chi connectivity index (χ4v) is 3.47. The number of rotatable bonds is 11. The zero-order valence-corrected chi connectivity index (χ0v) is 16.1. The molecular formula is C23H31O3-. The van der Waals surface area contributed by atoms with Crippen LogP contribution in [0.1, 0.15) is 64.4 Å². The third-order valence-electron chi connectivity index (χ3n) is 5.06. The molecule has 0 N–H and O–H groups in total. The number of hydrogen-bond donors (Lipinski definition) is 0. The maximum Gasteiger partial charge on any atom is 0.123 e. The van der Waals surface area contributed by atoms with Gasteiger partial charge in [-0.1, -0.05) is 88.5 Å². The van der Waals surface area contributed by atoms with Gasteiger partial charge in [-0.05, 0) is 18.9 Å². The lowest BCUT2D eigenvalue weighted by Crippen LogP contribution is -2.32. The first kappa shape index (κ1) is 20.3. The Morgan fingerprint density at radius 1 is 1.04 bits per heavy atom. The molecule has 1 aromatic carbocycles. The van der Waals surface area contributed by atoms with Crippen molar-refractivity contribution in [3.05, 3.63) is 54.1 Å². The summed E-state index contributed by atoms with van der Waals surface area (Å²) in [5.41, 5.74) is 0.815. The smallest absolute Gasteiger partial charge is 0.123 e. The summed E-state index contributed by atoms with van der Waals surface area (Å²) < 4.78 is 6.12. The number of hydrogen-bond acceptors (Lipinski definition) is 3. The second kappa shape index (κ2) is 10.2. The molecular weight excluding hydrogens is 324 g/mol. The van der Waals surface area contributed by atoms with E-state index < -0.39 is 11.9 Å². The van der Waals surface area contributed by atoms with Crippen molar-refractivity contribution in [3.8, 4) is 5.75 Å². The lowest BCUT2D eigenvalue weighted by atomic mass is 9.72. The topological polar surface area (TPSA) is 49.4 Å². The highest BCUT2D eigenvalue weighted by atomic mass is 16.5. The van der Waals surface area contributed by atoms with E-state index in [2.05, 4.69) is 19.9 Å². The molecule has 0 unspecified atom stereocenters. The van der Waals surface area contributed by atoms with E-state index in [1.54, 1.807) is 12.2 Å². The number of para-hydroxylation sites is 1. The van der Waals surface area contributed by atoms with Gasteiger partial charge in [0.05, 0.1) is 12.6 Å². The minimum Gasteiger partial charge on any atom is -0.549 e. The summed E-state index contributed by atoms with van der Waals surface area (Å²) in [4.78, 5) is 11.2. The number of carbonyl (C=O) groups excluding carboxylic acids is 1. The van der Waals surface area contributed by atoms with Crippen LogP contribution in [0.25, 0.3) is 0 Å². The van der Waals surface area contributed by atoms with E-state index in [9.17, 15) is 9.90 Å². The molecule has 1 aliphatic rings. The normalized spacial score (nSPS) is 21.7. The van der Waals surface area contributed by atoms with Gasteiger partial charge in [-0.15, -0.1) is 0 Å². The highest BCUT2D eigenvalue weighted by Gasteiger charge is 2.31. The van der Waals surface area contributed by atoms with E-state index in [0.717, 1.165) is 43.6 Å². The largest absolute Gasteiger partial charge is 0.549 e. The van der Waals surface area contributed by atoms with E-state index in [1.807, 2.05) is 30.4 Å². The minimum atomic E-state index is -1.05. The fourth-order valence-electron chi connectivity index (χ4n) is 3.47. The van der Waals surface area contributed by atoms with E-state index in [4.69, 9.17) is 4.74 Å². The Labute approximate surface area is 157 Å². The Balaban J connectivity index is 2.22. The molecule has 142 valence electrons. The van der Waals surface area contributed by atoms with Crippen molar-refractivity contribution in [1.82, 2.24) is 0 Å². The lowest BCUT2D eigenvalue weighted by Gasteiger charge is -2.33. The predicted octanol–water partition coefficient (Wildman–Crippen LogP) is 4.57. The summed E-state index contributed by atoms with van der Waals surface area (Å²) >= 11 is 0. The molecule has 26 heavy (non-hydrogen) atoms. The summed E-state index contributed by atoms with van der Waals surface area (Å²) in [6.45, 7) is 5.09. The average Bonchev–Trinajstić information content (AvgIpc) is 2.67. The van der Waals surface area contributed by atoms with Gasteiger partial charge < -0.3 is 14.6 Å². The molecule has 0 fully saturated rings. The monoisotopic (exact) mass is 355 g/mol. The van der Waals surface area contributed by atoms with Crippen LogP contribution in [0, 0.1) is 5.92 Å². The van der Waals surface area contributed by atoms with Crippen molar-refractivity contribution in [2.24, 2.45) is 5.92 Å². The number of unbranched alkanes of at least 4 members (excludes halogenated alkanes) is 4. The molecule has 0 bridgehead atoms. The summed E-state index contributed by atoms with van der Waals surface area (Å²) in [6.07, 6.45) is 15.4. The van der Waals surface area contributed by atoms with Crippen LogP contribution in [0.3, 0.4) is 0 Å². The molecule has 0 radical (unpaired) electrons. The first-order valence-corrected chi connectivity index (χ1v) is 9.95. The van der Waals surface area contributed by atoms with Crippen LogP contribution in [0.5, 0.6) is 5.75 Å². The highest BCUT2D eigenvalue weighted by Crippen LogP contribution is 2.41. The summed E-state index contributed by atoms with van der Waals surface area (Å²) in [6, 6.07) is 8.15. The molecule has 1 aliphatic carbocycles. The second-order valence-corrected chi connectivity index (χ2v) is 7.11. The quantitative estimate of drug-likeness (QED) is 0.432. The number of carboxylic acids is 1. The molecule has 0 spiro atoms. The molecule has 0 aromatic heterocycles. The predicted molar refractivity (Wildman–Crippen MR) is 104 cm³/mol. The number of aliphatic carboxylic acids is 1. The molecule has 0 saturated carbocycles. The lowest BCUT2D eigenvalue weighted by molar-refractivity contribution is -0.308. The van der Waals surface area contributed by atoms with Crippen molar-refractivity contribution in [3.63, 3.8) is 0 Å². The average molecular weight is 355 g/mol. The van der Waals surface area contributed by atoms with Gasteiger partial charge in [0.15, 0.2) is 0 Å². The number of carbonyl (C=O) groups is 1. The molecule has 3 heteroatoms. The van der Waals surface area contributed by atoms with Gasteiger partial charge >= 0.3 is 0 Å². The van der Waals surface area contributed by atoms with E-state index in [1.165, 1.54) is 19.3 Å². The molecule has 0 amide bonds. The third kappa shape index (κ3) is 5.23. The number of carboxylic acid groups (broad SMARTS) is 1. The van der Waals surface area contributed by atoms with Gasteiger partial charge in [-0.25, -0.2) is 0 Å². The summed E-state index contributed by atoms with van der Waals surface area (Å²) in [7, 11) is 0. The van der Waals surface area contributed by atoms with E-state index >= 15 is 0 Å². The maximum atomic E-state index is 11.2. The van der Waals surface area contributed by atoms with Crippen LogP contribution in [-0.2, 0) is 10.2 Å². The standard InChI is InChI=1S/C23H32O3/c1-3-5-7-10-18-26-21-12-9-8-11-20(21)23(15-6-4-2)16-13-19(14-17-23)22(24)25/h8-9,11-14,16-17,19H,3-7,10,15,18H2,1-2H3,(H,24,25)/p-1. The zero-order chi connectivity index (χ0) is 18.8. The second-order valence-electron chi connectivity index (χ2n) is 7.11. The van der Waals surface area contributed by atoms with Crippen LogP contribution in [-0.4, -0.2) is 12.6 Å². The Morgan fingerprint density at radius 2 is 1.73 bits per heavy atom. The Kier molecular flexibility index (Phi) is 7.96. The Bertz CT molecular complexity index is 616. The van der Waals surface area contributed by atoms with Gasteiger partial charge in [0.25, 0.3) is 0 Å². The minimum absolute atomic E-state index is 0.304. The van der Waals surface area contributed by atoms with E-state index in [0.29, 0.717) is 0 Å². The van der Waals surface area contributed by atoms with Crippen LogP contribution < -0.4 is 9.84 Å². The van der Waals surface area contributed by atoms with Gasteiger partial charge in [0, 0.05) is 16.9 Å². The van der Waals surface area contributed by atoms with Gasteiger partial charge in [-0.3, -0.25) is 0 Å². The van der Waals surface area contributed by atoms with Crippen molar-refractivity contribution < 1.29 is 14.6 Å². The van der Waals surface area contributed by atoms with Gasteiger partial charge in [0.2, 0.25) is 0 Å².